The molecule has 154 valence electrons. The number of aromatic nitrogens is 4. The fourth-order valence-corrected chi connectivity index (χ4v) is 3.06. The number of anilines is 1. The molecule has 1 amide bonds. The first-order chi connectivity index (χ1) is 13.7. The lowest BCUT2D eigenvalue weighted by Crippen LogP contribution is -2.33. The van der Waals surface area contributed by atoms with E-state index in [1.54, 1.807) is 43.1 Å². The van der Waals surface area contributed by atoms with Crippen LogP contribution in [-0.4, -0.2) is 39.7 Å². The number of benzene rings is 1. The Labute approximate surface area is 168 Å². The van der Waals surface area contributed by atoms with Crippen LogP contribution in [0.1, 0.15) is 26.5 Å². The van der Waals surface area contributed by atoms with E-state index in [9.17, 15) is 9.59 Å². The van der Waals surface area contributed by atoms with Crippen LogP contribution in [0.25, 0.3) is 10.9 Å². The summed E-state index contributed by atoms with van der Waals surface area (Å²) in [6, 6.07) is 5.05. The van der Waals surface area contributed by atoms with Gasteiger partial charge in [-0.25, -0.2) is 4.68 Å². The molecule has 0 saturated heterocycles. The number of amides is 1. The third-order valence-electron chi connectivity index (χ3n) is 4.48. The largest absolute Gasteiger partial charge is 0.497 e. The highest BCUT2D eigenvalue weighted by Crippen LogP contribution is 2.29. The average Bonchev–Trinajstić information content (AvgIpc) is 3.12. The van der Waals surface area contributed by atoms with E-state index in [1.165, 1.54) is 7.11 Å². The summed E-state index contributed by atoms with van der Waals surface area (Å²) in [7, 11) is 3.05. The first-order valence-corrected chi connectivity index (χ1v) is 9.13. The van der Waals surface area contributed by atoms with Gasteiger partial charge in [0.25, 0.3) is 5.56 Å². The summed E-state index contributed by atoms with van der Waals surface area (Å²) in [4.78, 5) is 25.6. The smallest absolute Gasteiger partial charge is 0.293 e. The van der Waals surface area contributed by atoms with Gasteiger partial charge in [0.1, 0.15) is 23.6 Å². The van der Waals surface area contributed by atoms with E-state index in [0.717, 1.165) is 4.68 Å². The van der Waals surface area contributed by atoms with Crippen molar-refractivity contribution in [3.8, 4) is 11.5 Å². The summed E-state index contributed by atoms with van der Waals surface area (Å²) in [6.07, 6.45) is 1.64. The van der Waals surface area contributed by atoms with Crippen molar-refractivity contribution in [3.63, 3.8) is 0 Å². The number of rotatable bonds is 5. The highest BCUT2D eigenvalue weighted by Gasteiger charge is 2.22. The first-order valence-electron chi connectivity index (χ1n) is 9.13. The van der Waals surface area contributed by atoms with Crippen molar-refractivity contribution < 1.29 is 14.3 Å². The Hall–Kier alpha value is -3.36. The van der Waals surface area contributed by atoms with Crippen LogP contribution in [0.2, 0.25) is 0 Å². The SMILES string of the molecule is COc1ccc(NC(=O)Cn2nc(C)c3cnn(C(C)(C)C)c3c2=O)c(OC)c1. The lowest BCUT2D eigenvalue weighted by Gasteiger charge is -2.20. The number of fused-ring (bicyclic) bond motifs is 1. The number of aryl methyl sites for hydroxylation is 1. The van der Waals surface area contributed by atoms with Crippen molar-refractivity contribution in [1.29, 1.82) is 0 Å². The van der Waals surface area contributed by atoms with Crippen molar-refractivity contribution in [2.75, 3.05) is 19.5 Å². The quantitative estimate of drug-likeness (QED) is 0.707. The second kappa shape index (κ2) is 7.57. The molecule has 0 aliphatic carbocycles. The van der Waals surface area contributed by atoms with Crippen LogP contribution in [0.3, 0.4) is 0 Å². The summed E-state index contributed by atoms with van der Waals surface area (Å²) < 4.78 is 13.3. The summed E-state index contributed by atoms with van der Waals surface area (Å²) in [5.74, 6) is 0.661. The van der Waals surface area contributed by atoms with Crippen LogP contribution in [-0.2, 0) is 16.9 Å². The standard InChI is InChI=1S/C20H25N5O4/c1-12-14-10-21-25(20(2,3)4)18(14)19(27)24(23-12)11-17(26)22-15-8-7-13(28-5)9-16(15)29-6/h7-10H,11H2,1-6H3,(H,22,26). The highest BCUT2D eigenvalue weighted by molar-refractivity contribution is 5.92. The Kier molecular flexibility index (Phi) is 5.32. The average molecular weight is 399 g/mol. The Morgan fingerprint density at radius 2 is 1.93 bits per heavy atom. The number of hydrogen-bond donors (Lipinski definition) is 1. The minimum absolute atomic E-state index is 0.236. The topological polar surface area (TPSA) is 100 Å². The molecule has 0 saturated carbocycles. The Morgan fingerprint density at radius 1 is 1.21 bits per heavy atom. The summed E-state index contributed by atoms with van der Waals surface area (Å²) >= 11 is 0. The van der Waals surface area contributed by atoms with E-state index >= 15 is 0 Å². The molecule has 0 spiro atoms. The molecule has 9 heteroatoms. The lowest BCUT2D eigenvalue weighted by molar-refractivity contribution is -0.117. The van der Waals surface area contributed by atoms with Gasteiger partial charge in [0, 0.05) is 11.5 Å². The monoisotopic (exact) mass is 399 g/mol. The van der Waals surface area contributed by atoms with Crippen LogP contribution < -0.4 is 20.3 Å². The number of methoxy groups -OCH3 is 2. The molecule has 0 radical (unpaired) electrons. The molecule has 0 unspecified atom stereocenters. The fourth-order valence-electron chi connectivity index (χ4n) is 3.06. The Bertz CT molecular complexity index is 1120. The van der Waals surface area contributed by atoms with Crippen LogP contribution in [0.15, 0.2) is 29.2 Å². The molecule has 9 nitrogen and oxygen atoms in total. The molecule has 0 fully saturated rings. The Balaban J connectivity index is 1.93. The van der Waals surface area contributed by atoms with E-state index in [1.807, 2.05) is 20.8 Å². The van der Waals surface area contributed by atoms with Crippen LogP contribution in [0.5, 0.6) is 11.5 Å². The zero-order valence-electron chi connectivity index (χ0n) is 17.4. The predicted octanol–water partition coefficient (Wildman–Crippen LogP) is 2.31. The number of ether oxygens (including phenoxy) is 2. The zero-order chi connectivity index (χ0) is 21.3. The van der Waals surface area contributed by atoms with E-state index in [0.29, 0.717) is 33.8 Å². The molecule has 1 N–H and O–H groups in total. The summed E-state index contributed by atoms with van der Waals surface area (Å²) in [5.41, 5.74) is 0.786. The van der Waals surface area contributed by atoms with E-state index < -0.39 is 5.91 Å². The third-order valence-corrected chi connectivity index (χ3v) is 4.48. The van der Waals surface area contributed by atoms with Gasteiger partial charge in [-0.05, 0) is 39.8 Å². The lowest BCUT2D eigenvalue weighted by atomic mass is 10.1. The van der Waals surface area contributed by atoms with Crippen LogP contribution in [0.4, 0.5) is 5.69 Å². The molecule has 3 rings (SSSR count). The molecular formula is C20H25N5O4. The van der Waals surface area contributed by atoms with Crippen LogP contribution >= 0.6 is 0 Å². The maximum atomic E-state index is 13.0. The number of carbonyl (C=O) groups excluding carboxylic acids is 1. The van der Waals surface area contributed by atoms with Gasteiger partial charge in [-0.2, -0.15) is 10.2 Å². The molecule has 0 bridgehead atoms. The highest BCUT2D eigenvalue weighted by atomic mass is 16.5. The summed E-state index contributed by atoms with van der Waals surface area (Å²) in [5, 5.41) is 12.1. The molecule has 0 aliphatic rings. The second-order valence-corrected chi connectivity index (χ2v) is 7.65. The van der Waals surface area contributed by atoms with E-state index in [-0.39, 0.29) is 17.6 Å². The van der Waals surface area contributed by atoms with Gasteiger partial charge in [-0.15, -0.1) is 0 Å². The maximum absolute atomic E-state index is 13.0. The fraction of sp³-hybridized carbons (Fsp3) is 0.400. The Morgan fingerprint density at radius 3 is 2.55 bits per heavy atom. The van der Waals surface area contributed by atoms with Crippen molar-refractivity contribution in [2.45, 2.75) is 39.8 Å². The van der Waals surface area contributed by atoms with Crippen molar-refractivity contribution in [3.05, 3.63) is 40.4 Å². The van der Waals surface area contributed by atoms with Gasteiger partial charge in [0.2, 0.25) is 5.91 Å². The number of nitrogens with one attached hydrogen (secondary N) is 1. The number of carbonyl (C=O) groups is 1. The van der Waals surface area contributed by atoms with Crippen molar-refractivity contribution in [2.24, 2.45) is 0 Å². The molecule has 0 atom stereocenters. The van der Waals surface area contributed by atoms with Crippen molar-refractivity contribution >= 4 is 22.5 Å². The summed E-state index contributed by atoms with van der Waals surface area (Å²) in [6.45, 7) is 7.43. The van der Waals surface area contributed by atoms with E-state index in [4.69, 9.17) is 9.47 Å². The molecule has 1 aromatic carbocycles. The minimum Gasteiger partial charge on any atom is -0.497 e. The third kappa shape index (κ3) is 3.94. The van der Waals surface area contributed by atoms with Gasteiger partial charge < -0.3 is 14.8 Å². The number of hydrogen-bond acceptors (Lipinski definition) is 6. The predicted molar refractivity (Wildman–Crippen MR) is 110 cm³/mol. The molecule has 29 heavy (non-hydrogen) atoms. The number of nitrogens with zero attached hydrogens (tertiary/aromatic N) is 4. The van der Waals surface area contributed by atoms with Crippen LogP contribution in [0, 0.1) is 6.92 Å². The first kappa shape index (κ1) is 20.4. The van der Waals surface area contributed by atoms with Gasteiger partial charge in [0.15, 0.2) is 0 Å². The molecular weight excluding hydrogens is 374 g/mol. The zero-order valence-corrected chi connectivity index (χ0v) is 17.4. The van der Waals surface area contributed by atoms with Gasteiger partial charge in [0.05, 0.1) is 37.3 Å². The van der Waals surface area contributed by atoms with Crippen molar-refractivity contribution in [1.82, 2.24) is 19.6 Å². The molecule has 3 aromatic rings. The van der Waals surface area contributed by atoms with Gasteiger partial charge in [-0.3, -0.25) is 14.3 Å². The van der Waals surface area contributed by atoms with E-state index in [2.05, 4.69) is 15.5 Å². The molecule has 0 aliphatic heterocycles. The maximum Gasteiger partial charge on any atom is 0.293 e. The normalized spacial score (nSPS) is 11.5. The van der Waals surface area contributed by atoms with Gasteiger partial charge in [-0.1, -0.05) is 0 Å². The molecule has 2 heterocycles. The second-order valence-electron chi connectivity index (χ2n) is 7.65. The minimum atomic E-state index is -0.399. The van der Waals surface area contributed by atoms with Gasteiger partial charge >= 0.3 is 0 Å². The molecule has 2 aromatic heterocycles.